The van der Waals surface area contributed by atoms with Crippen molar-refractivity contribution in [3.05, 3.63) is 78.4 Å². The van der Waals surface area contributed by atoms with Crippen molar-refractivity contribution >= 4 is 21.6 Å². The SMILES string of the molecule is COc1ccc(CNC(=O)CN(c2ccc(OC)c(OC)c2)S(=O)(=O)c2ccccc2)cc1. The van der Waals surface area contributed by atoms with E-state index in [1.54, 1.807) is 49.6 Å². The van der Waals surface area contributed by atoms with Crippen molar-refractivity contribution in [1.82, 2.24) is 5.32 Å². The Hall–Kier alpha value is -3.72. The first-order valence-electron chi connectivity index (χ1n) is 10.1. The quantitative estimate of drug-likeness (QED) is 0.489. The predicted octanol–water partition coefficient (Wildman–Crippen LogP) is 3.22. The van der Waals surface area contributed by atoms with E-state index in [9.17, 15) is 13.2 Å². The molecule has 174 valence electrons. The molecule has 0 fully saturated rings. The minimum atomic E-state index is -4.03. The second-order valence-electron chi connectivity index (χ2n) is 6.99. The van der Waals surface area contributed by atoms with Crippen LogP contribution in [0.2, 0.25) is 0 Å². The number of sulfonamides is 1. The third-order valence-corrected chi connectivity index (χ3v) is 6.71. The van der Waals surface area contributed by atoms with E-state index in [1.807, 2.05) is 12.1 Å². The maximum Gasteiger partial charge on any atom is 0.264 e. The largest absolute Gasteiger partial charge is 0.497 e. The van der Waals surface area contributed by atoms with Crippen LogP contribution >= 0.6 is 0 Å². The van der Waals surface area contributed by atoms with E-state index < -0.39 is 22.5 Å². The van der Waals surface area contributed by atoms with Crippen molar-refractivity contribution in [3.8, 4) is 17.2 Å². The topological polar surface area (TPSA) is 94.2 Å². The average Bonchev–Trinajstić information content (AvgIpc) is 2.86. The van der Waals surface area contributed by atoms with E-state index in [4.69, 9.17) is 14.2 Å². The molecule has 3 aromatic carbocycles. The molecule has 0 aliphatic heterocycles. The van der Waals surface area contributed by atoms with Gasteiger partial charge in [0.15, 0.2) is 11.5 Å². The summed E-state index contributed by atoms with van der Waals surface area (Å²) < 4.78 is 43.6. The Balaban J connectivity index is 1.87. The first kappa shape index (κ1) is 23.9. The number of methoxy groups -OCH3 is 3. The number of benzene rings is 3. The Morgan fingerprint density at radius 2 is 1.52 bits per heavy atom. The number of amides is 1. The molecule has 9 heteroatoms. The van der Waals surface area contributed by atoms with Gasteiger partial charge in [-0.15, -0.1) is 0 Å². The van der Waals surface area contributed by atoms with Gasteiger partial charge in [0.2, 0.25) is 5.91 Å². The lowest BCUT2D eigenvalue weighted by molar-refractivity contribution is -0.119. The third-order valence-electron chi connectivity index (χ3n) is 4.92. The number of hydrogen-bond acceptors (Lipinski definition) is 6. The molecule has 3 rings (SSSR count). The van der Waals surface area contributed by atoms with Crippen LogP contribution < -0.4 is 23.8 Å². The van der Waals surface area contributed by atoms with Gasteiger partial charge in [0.1, 0.15) is 12.3 Å². The molecule has 0 saturated heterocycles. The molecule has 0 atom stereocenters. The molecular formula is C24H26N2O6S. The molecule has 33 heavy (non-hydrogen) atoms. The predicted molar refractivity (Wildman–Crippen MR) is 125 cm³/mol. The number of rotatable bonds is 10. The molecule has 0 saturated carbocycles. The van der Waals surface area contributed by atoms with E-state index in [0.717, 1.165) is 9.87 Å². The summed E-state index contributed by atoms with van der Waals surface area (Å²) in [7, 11) is 0.496. The van der Waals surface area contributed by atoms with E-state index in [0.29, 0.717) is 17.2 Å². The van der Waals surface area contributed by atoms with Crippen molar-refractivity contribution in [2.24, 2.45) is 0 Å². The van der Waals surface area contributed by atoms with Crippen molar-refractivity contribution < 1.29 is 27.4 Å². The van der Waals surface area contributed by atoms with Gasteiger partial charge in [-0.1, -0.05) is 30.3 Å². The summed E-state index contributed by atoms with van der Waals surface area (Å²) in [6, 6.07) is 19.9. The van der Waals surface area contributed by atoms with Gasteiger partial charge < -0.3 is 19.5 Å². The van der Waals surface area contributed by atoms with E-state index in [-0.39, 0.29) is 17.1 Å². The summed E-state index contributed by atoms with van der Waals surface area (Å²) in [5, 5.41) is 2.77. The molecule has 0 aliphatic carbocycles. The number of anilines is 1. The summed E-state index contributed by atoms with van der Waals surface area (Å²) in [6.07, 6.45) is 0. The highest BCUT2D eigenvalue weighted by atomic mass is 32.2. The molecule has 0 aliphatic rings. The Labute approximate surface area is 193 Å². The molecular weight excluding hydrogens is 444 g/mol. The third kappa shape index (κ3) is 5.75. The standard InChI is InChI=1S/C24H26N2O6S/c1-30-20-12-9-18(10-13-20)16-25-24(27)17-26(33(28,29)21-7-5-4-6-8-21)19-11-14-22(31-2)23(15-19)32-3/h4-15H,16-17H2,1-3H3,(H,25,27). The maximum absolute atomic E-state index is 13.4. The lowest BCUT2D eigenvalue weighted by atomic mass is 10.2. The van der Waals surface area contributed by atoms with Crippen LogP contribution in [0.15, 0.2) is 77.7 Å². The first-order valence-corrected chi connectivity index (χ1v) is 11.5. The molecule has 0 radical (unpaired) electrons. The second kappa shape index (κ2) is 10.7. The Morgan fingerprint density at radius 1 is 0.848 bits per heavy atom. The number of hydrogen-bond donors (Lipinski definition) is 1. The highest BCUT2D eigenvalue weighted by molar-refractivity contribution is 7.92. The summed E-state index contributed by atoms with van der Waals surface area (Å²) in [4.78, 5) is 12.9. The van der Waals surface area contributed by atoms with Crippen LogP contribution in [0.1, 0.15) is 5.56 Å². The fraction of sp³-hybridized carbons (Fsp3) is 0.208. The zero-order valence-corrected chi connectivity index (χ0v) is 19.5. The number of carbonyl (C=O) groups is 1. The normalized spacial score (nSPS) is 10.9. The highest BCUT2D eigenvalue weighted by Crippen LogP contribution is 2.33. The smallest absolute Gasteiger partial charge is 0.264 e. The molecule has 8 nitrogen and oxygen atoms in total. The maximum atomic E-state index is 13.4. The van der Waals surface area contributed by atoms with Gasteiger partial charge >= 0.3 is 0 Å². The van der Waals surface area contributed by atoms with Crippen LogP contribution in [0, 0.1) is 0 Å². The lowest BCUT2D eigenvalue weighted by Gasteiger charge is -2.25. The van der Waals surface area contributed by atoms with E-state index in [2.05, 4.69) is 5.32 Å². The van der Waals surface area contributed by atoms with Crippen LogP contribution in [-0.2, 0) is 21.4 Å². The van der Waals surface area contributed by atoms with Crippen LogP contribution in [0.3, 0.4) is 0 Å². The summed E-state index contributed by atoms with van der Waals surface area (Å²) >= 11 is 0. The first-order chi connectivity index (χ1) is 15.9. The van der Waals surface area contributed by atoms with Gasteiger partial charge in [0.25, 0.3) is 10.0 Å². The Kier molecular flexibility index (Phi) is 7.78. The second-order valence-corrected chi connectivity index (χ2v) is 8.85. The van der Waals surface area contributed by atoms with Gasteiger partial charge in [-0.25, -0.2) is 8.42 Å². The number of ether oxygens (including phenoxy) is 3. The van der Waals surface area contributed by atoms with Crippen LogP contribution in [0.4, 0.5) is 5.69 Å². The number of carbonyl (C=O) groups excluding carboxylic acids is 1. The molecule has 1 N–H and O–H groups in total. The van der Waals surface area contributed by atoms with E-state index in [1.165, 1.54) is 32.4 Å². The van der Waals surface area contributed by atoms with E-state index >= 15 is 0 Å². The molecule has 0 aromatic heterocycles. The molecule has 0 spiro atoms. The number of nitrogens with zero attached hydrogens (tertiary/aromatic N) is 1. The molecule has 0 unspecified atom stereocenters. The van der Waals surface area contributed by atoms with Crippen molar-refractivity contribution in [2.45, 2.75) is 11.4 Å². The van der Waals surface area contributed by atoms with Crippen LogP contribution in [-0.4, -0.2) is 42.2 Å². The average molecular weight is 471 g/mol. The Morgan fingerprint density at radius 3 is 2.12 bits per heavy atom. The van der Waals surface area contributed by atoms with Crippen LogP contribution in [0.25, 0.3) is 0 Å². The van der Waals surface area contributed by atoms with Gasteiger partial charge in [-0.3, -0.25) is 9.10 Å². The minimum absolute atomic E-state index is 0.0720. The minimum Gasteiger partial charge on any atom is -0.497 e. The monoisotopic (exact) mass is 470 g/mol. The summed E-state index contributed by atoms with van der Waals surface area (Å²) in [6.45, 7) is -0.170. The summed E-state index contributed by atoms with van der Waals surface area (Å²) in [5.41, 5.74) is 1.13. The van der Waals surface area contributed by atoms with Crippen molar-refractivity contribution in [1.29, 1.82) is 0 Å². The summed E-state index contributed by atoms with van der Waals surface area (Å²) in [5.74, 6) is 1.04. The lowest BCUT2D eigenvalue weighted by Crippen LogP contribution is -2.40. The van der Waals surface area contributed by atoms with Gasteiger partial charge in [0.05, 0.1) is 31.9 Å². The fourth-order valence-electron chi connectivity index (χ4n) is 3.15. The Bertz CT molecular complexity index is 1180. The molecule has 0 bridgehead atoms. The zero-order valence-electron chi connectivity index (χ0n) is 18.6. The zero-order chi connectivity index (χ0) is 23.8. The molecule has 0 heterocycles. The van der Waals surface area contributed by atoms with Gasteiger partial charge in [-0.05, 0) is 42.0 Å². The van der Waals surface area contributed by atoms with Gasteiger partial charge in [0, 0.05) is 12.6 Å². The highest BCUT2D eigenvalue weighted by Gasteiger charge is 2.28. The van der Waals surface area contributed by atoms with Crippen molar-refractivity contribution in [2.75, 3.05) is 32.2 Å². The van der Waals surface area contributed by atoms with Crippen molar-refractivity contribution in [3.63, 3.8) is 0 Å². The van der Waals surface area contributed by atoms with Crippen LogP contribution in [0.5, 0.6) is 17.2 Å². The molecule has 3 aromatic rings. The fourth-order valence-corrected chi connectivity index (χ4v) is 4.58. The van der Waals surface area contributed by atoms with Gasteiger partial charge in [-0.2, -0.15) is 0 Å². The molecule has 1 amide bonds. The number of nitrogens with one attached hydrogen (secondary N) is 1.